The Bertz CT molecular complexity index is 887. The first-order valence-corrected chi connectivity index (χ1v) is 11.2. The third-order valence-electron chi connectivity index (χ3n) is 4.79. The van der Waals surface area contributed by atoms with Crippen LogP contribution in [0.5, 0.6) is 5.75 Å². The van der Waals surface area contributed by atoms with Crippen molar-refractivity contribution in [3.05, 3.63) is 102 Å². The maximum absolute atomic E-state index is 5.87. The molecule has 0 saturated carbocycles. The quantitative estimate of drug-likeness (QED) is 0.329. The zero-order valence-corrected chi connectivity index (χ0v) is 19.4. The second-order valence-electron chi connectivity index (χ2n) is 7.12. The molecule has 0 aliphatic carbocycles. The minimum atomic E-state index is 0.692. The lowest BCUT2D eigenvalue weighted by molar-refractivity contribution is 0.261. The molecule has 0 N–H and O–H groups in total. The van der Waals surface area contributed by atoms with Gasteiger partial charge in [-0.2, -0.15) is 12.6 Å². The van der Waals surface area contributed by atoms with E-state index in [0.29, 0.717) is 6.61 Å². The van der Waals surface area contributed by atoms with Crippen molar-refractivity contribution in [2.45, 2.75) is 13.3 Å². The van der Waals surface area contributed by atoms with Crippen molar-refractivity contribution < 1.29 is 4.74 Å². The predicted molar refractivity (Wildman–Crippen MR) is 134 cm³/mol. The van der Waals surface area contributed by atoms with Gasteiger partial charge >= 0.3 is 0 Å². The van der Waals surface area contributed by atoms with Crippen LogP contribution >= 0.6 is 12.6 Å². The van der Waals surface area contributed by atoms with Crippen molar-refractivity contribution in [3.8, 4) is 5.75 Å². The fourth-order valence-corrected chi connectivity index (χ4v) is 3.35. The molecule has 0 saturated heterocycles. The summed E-state index contributed by atoms with van der Waals surface area (Å²) < 4.78 is 5.87. The number of allylic oxidation sites excluding steroid dienone is 1. The normalized spacial score (nSPS) is 11.4. The molecule has 0 radical (unpaired) electrons. The molecule has 2 nitrogen and oxygen atoms in total. The first-order valence-electron chi connectivity index (χ1n) is 10.4. The van der Waals surface area contributed by atoms with Gasteiger partial charge < -0.3 is 9.64 Å². The lowest BCUT2D eigenvalue weighted by Gasteiger charge is -2.17. The largest absolute Gasteiger partial charge is 0.492 e. The number of benzene rings is 3. The Morgan fingerprint density at radius 3 is 1.73 bits per heavy atom. The summed E-state index contributed by atoms with van der Waals surface area (Å²) in [5.41, 5.74) is 6.37. The van der Waals surface area contributed by atoms with Crippen LogP contribution in [0, 0.1) is 0 Å². The number of nitrogens with zero attached hydrogens (tertiary/aromatic N) is 1. The summed E-state index contributed by atoms with van der Waals surface area (Å²) >= 11 is 3.53. The van der Waals surface area contributed by atoms with E-state index in [4.69, 9.17) is 4.74 Å². The first kappa shape index (κ1) is 23.8. The summed E-state index contributed by atoms with van der Waals surface area (Å²) in [5.74, 6) is 0.913. The van der Waals surface area contributed by atoms with E-state index >= 15 is 0 Å². The molecule has 0 aliphatic heterocycles. The second kappa shape index (κ2) is 12.9. The van der Waals surface area contributed by atoms with Crippen LogP contribution in [-0.4, -0.2) is 38.4 Å². The number of ether oxygens (including phenoxy) is 1. The van der Waals surface area contributed by atoms with Gasteiger partial charge in [-0.3, -0.25) is 0 Å². The Labute approximate surface area is 187 Å². The van der Waals surface area contributed by atoms with Gasteiger partial charge in [0, 0.05) is 6.54 Å². The molecule has 158 valence electrons. The molecular formula is C27H33NOS. The molecule has 0 aliphatic rings. The summed E-state index contributed by atoms with van der Waals surface area (Å²) in [7, 11) is 4.11. The molecule has 3 heteroatoms. The SMILES string of the molecule is CC/C(=C(\c1ccccc1)c1ccc(OCCN(C)C)cc1)c1ccccc1.CS. The van der Waals surface area contributed by atoms with Crippen LogP contribution in [0.4, 0.5) is 0 Å². The first-order chi connectivity index (χ1) is 14.7. The molecule has 3 rings (SSSR count). The fourth-order valence-electron chi connectivity index (χ4n) is 3.35. The highest BCUT2D eigenvalue weighted by Gasteiger charge is 2.12. The lowest BCUT2D eigenvalue weighted by atomic mass is 9.88. The molecule has 30 heavy (non-hydrogen) atoms. The number of likely N-dealkylation sites (N-methyl/N-ethyl adjacent to an activating group) is 1. The Kier molecular flexibility index (Phi) is 10.3. The van der Waals surface area contributed by atoms with E-state index < -0.39 is 0 Å². The third kappa shape index (κ3) is 6.79. The fraction of sp³-hybridized carbons (Fsp3) is 0.259. The van der Waals surface area contributed by atoms with E-state index in [9.17, 15) is 0 Å². The van der Waals surface area contributed by atoms with Crippen molar-refractivity contribution in [1.82, 2.24) is 4.90 Å². The highest BCUT2D eigenvalue weighted by atomic mass is 32.1. The molecule has 0 bridgehead atoms. The zero-order valence-electron chi connectivity index (χ0n) is 18.5. The number of hydrogen-bond donors (Lipinski definition) is 1. The summed E-state index contributed by atoms with van der Waals surface area (Å²) in [6.07, 6.45) is 2.66. The third-order valence-corrected chi connectivity index (χ3v) is 4.79. The van der Waals surface area contributed by atoms with Crippen LogP contribution in [0.3, 0.4) is 0 Å². The average molecular weight is 420 g/mol. The maximum atomic E-state index is 5.87. The van der Waals surface area contributed by atoms with E-state index in [0.717, 1.165) is 18.7 Å². The number of hydrogen-bond acceptors (Lipinski definition) is 3. The van der Waals surface area contributed by atoms with Crippen LogP contribution in [0.1, 0.15) is 30.0 Å². The van der Waals surface area contributed by atoms with Gasteiger partial charge in [0.25, 0.3) is 0 Å². The maximum Gasteiger partial charge on any atom is 0.119 e. The molecule has 0 unspecified atom stereocenters. The minimum Gasteiger partial charge on any atom is -0.492 e. The van der Waals surface area contributed by atoms with Gasteiger partial charge in [-0.1, -0.05) is 79.7 Å². The zero-order chi connectivity index (χ0) is 21.8. The Morgan fingerprint density at radius 1 is 0.733 bits per heavy atom. The van der Waals surface area contributed by atoms with Gasteiger partial charge in [-0.05, 0) is 66.7 Å². The molecule has 0 heterocycles. The van der Waals surface area contributed by atoms with Crippen molar-refractivity contribution in [2.75, 3.05) is 33.5 Å². The van der Waals surface area contributed by atoms with E-state index in [1.165, 1.54) is 27.8 Å². The summed E-state index contributed by atoms with van der Waals surface area (Å²) in [5, 5.41) is 0. The molecule has 3 aromatic rings. The van der Waals surface area contributed by atoms with Crippen molar-refractivity contribution in [2.24, 2.45) is 0 Å². The smallest absolute Gasteiger partial charge is 0.119 e. The Balaban J connectivity index is 0.00000155. The topological polar surface area (TPSA) is 12.5 Å². The summed E-state index contributed by atoms with van der Waals surface area (Å²) in [6.45, 7) is 3.83. The van der Waals surface area contributed by atoms with Crippen LogP contribution in [0.2, 0.25) is 0 Å². The summed E-state index contributed by atoms with van der Waals surface area (Å²) in [4.78, 5) is 2.12. The average Bonchev–Trinajstić information content (AvgIpc) is 2.80. The predicted octanol–water partition coefficient (Wildman–Crippen LogP) is 6.54. The lowest BCUT2D eigenvalue weighted by Crippen LogP contribution is -2.19. The van der Waals surface area contributed by atoms with Gasteiger partial charge in [-0.15, -0.1) is 0 Å². The molecule has 0 atom stereocenters. The molecular weight excluding hydrogens is 386 g/mol. The van der Waals surface area contributed by atoms with Gasteiger partial charge in [0.1, 0.15) is 12.4 Å². The van der Waals surface area contributed by atoms with Crippen LogP contribution in [0.25, 0.3) is 11.1 Å². The molecule has 0 amide bonds. The van der Waals surface area contributed by atoms with Gasteiger partial charge in [0.2, 0.25) is 0 Å². The molecule has 0 spiro atoms. The van der Waals surface area contributed by atoms with E-state index in [1.54, 1.807) is 6.26 Å². The minimum absolute atomic E-state index is 0.692. The van der Waals surface area contributed by atoms with Crippen LogP contribution < -0.4 is 4.74 Å². The monoisotopic (exact) mass is 419 g/mol. The van der Waals surface area contributed by atoms with Crippen molar-refractivity contribution in [3.63, 3.8) is 0 Å². The highest BCUT2D eigenvalue weighted by molar-refractivity contribution is 7.79. The van der Waals surface area contributed by atoms with Gasteiger partial charge in [0.15, 0.2) is 0 Å². The second-order valence-corrected chi connectivity index (χ2v) is 7.12. The number of rotatable bonds is 8. The molecule has 0 aromatic heterocycles. The highest BCUT2D eigenvalue weighted by Crippen LogP contribution is 2.34. The van der Waals surface area contributed by atoms with Crippen LogP contribution in [0.15, 0.2) is 84.9 Å². The van der Waals surface area contributed by atoms with E-state index in [-0.39, 0.29) is 0 Å². The number of thiol groups is 1. The van der Waals surface area contributed by atoms with Crippen molar-refractivity contribution in [1.29, 1.82) is 0 Å². The Morgan fingerprint density at radius 2 is 1.23 bits per heavy atom. The Hall–Kier alpha value is -2.49. The standard InChI is InChI=1S/C26H29NO.CH4S/c1-4-25(21-11-7-5-8-12-21)26(22-13-9-6-10-14-22)23-15-17-24(18-16-23)28-20-19-27(2)3;1-2/h5-18H,4,19-20H2,1-3H3;2H,1H3/b26-25-;. The molecule has 3 aromatic carbocycles. The van der Waals surface area contributed by atoms with Gasteiger partial charge in [0.05, 0.1) is 0 Å². The summed E-state index contributed by atoms with van der Waals surface area (Å²) in [6, 6.07) is 29.8. The van der Waals surface area contributed by atoms with Crippen molar-refractivity contribution >= 4 is 23.8 Å². The van der Waals surface area contributed by atoms with Gasteiger partial charge in [-0.25, -0.2) is 0 Å². The van der Waals surface area contributed by atoms with E-state index in [2.05, 4.69) is 123 Å². The van der Waals surface area contributed by atoms with Crippen LogP contribution in [-0.2, 0) is 0 Å². The van der Waals surface area contributed by atoms with E-state index in [1.807, 2.05) is 0 Å². The molecule has 0 fully saturated rings.